The molecule has 61 heavy (non-hydrogen) atoms. The highest BCUT2D eigenvalue weighted by atomic mass is 16.3. The van der Waals surface area contributed by atoms with Gasteiger partial charge < -0.3 is 18.8 Å². The van der Waals surface area contributed by atoms with Crippen molar-refractivity contribution in [1.29, 1.82) is 0 Å². The van der Waals surface area contributed by atoms with E-state index in [9.17, 15) is 0 Å². The van der Waals surface area contributed by atoms with Gasteiger partial charge >= 0.3 is 0 Å². The van der Waals surface area contributed by atoms with Gasteiger partial charge in [0.2, 0.25) is 5.89 Å². The molecule has 2 heterocycles. The maximum absolute atomic E-state index is 6.13. The van der Waals surface area contributed by atoms with Gasteiger partial charge in [0.05, 0.1) is 11.0 Å². The number of aromatic nitrogens is 2. The monoisotopic (exact) mass is 784 g/mol. The number of hydrogen-bond donors (Lipinski definition) is 0. The molecule has 2 aromatic heterocycles. The molecule has 0 amide bonds. The molecule has 11 rings (SSSR count). The van der Waals surface area contributed by atoms with E-state index < -0.39 is 0 Å². The van der Waals surface area contributed by atoms with Crippen molar-refractivity contribution in [3.63, 3.8) is 0 Å². The van der Waals surface area contributed by atoms with E-state index in [0.717, 1.165) is 95.0 Å². The fourth-order valence-corrected chi connectivity index (χ4v) is 8.69. The van der Waals surface area contributed by atoms with Gasteiger partial charge in [0.1, 0.15) is 5.52 Å². The first-order valence-corrected chi connectivity index (χ1v) is 20.6. The summed E-state index contributed by atoms with van der Waals surface area (Å²) in [6.07, 6.45) is 0. The number of aryl methyl sites for hydroxylation is 1. The van der Waals surface area contributed by atoms with Crippen molar-refractivity contribution in [3.8, 4) is 28.3 Å². The molecule has 0 spiro atoms. The molecule has 290 valence electrons. The molecule has 0 saturated heterocycles. The van der Waals surface area contributed by atoms with Gasteiger partial charge in [0, 0.05) is 56.1 Å². The summed E-state index contributed by atoms with van der Waals surface area (Å²) in [5.74, 6) is 0.629. The summed E-state index contributed by atoms with van der Waals surface area (Å²) >= 11 is 0. The van der Waals surface area contributed by atoms with Crippen LogP contribution in [0.5, 0.6) is 0 Å². The maximum atomic E-state index is 6.13. The number of rotatable bonds is 9. The lowest BCUT2D eigenvalue weighted by atomic mass is 9.98. The Morgan fingerprint density at radius 1 is 0.410 bits per heavy atom. The number of anilines is 6. The average molecular weight is 785 g/mol. The first kappa shape index (κ1) is 36.0. The van der Waals surface area contributed by atoms with Crippen LogP contribution in [0.2, 0.25) is 0 Å². The van der Waals surface area contributed by atoms with Crippen molar-refractivity contribution >= 4 is 67.0 Å². The molecule has 5 nitrogen and oxygen atoms in total. The van der Waals surface area contributed by atoms with Gasteiger partial charge in [-0.1, -0.05) is 103 Å². The van der Waals surface area contributed by atoms with Crippen molar-refractivity contribution < 1.29 is 4.42 Å². The minimum atomic E-state index is 0.629. The van der Waals surface area contributed by atoms with Crippen LogP contribution in [0.4, 0.5) is 34.1 Å². The van der Waals surface area contributed by atoms with Crippen LogP contribution in [-0.4, -0.2) is 9.55 Å². The molecule has 11 aromatic rings. The van der Waals surface area contributed by atoms with Crippen molar-refractivity contribution in [2.24, 2.45) is 0 Å². The molecule has 9 aromatic carbocycles. The zero-order chi connectivity index (χ0) is 40.7. The molecular formula is C56H40N4O. The van der Waals surface area contributed by atoms with Gasteiger partial charge in [-0.25, -0.2) is 4.98 Å². The SMILES string of the molecule is Cc1cc(-c2nc3ccccc3o2)ccc1-c1cccc(-n2c3ccc(N(c4ccccc4)c4ccccc4)cc3c3cc(N(c4ccccc4)c4ccccc4)ccc32)c1. The quantitative estimate of drug-likeness (QED) is 0.146. The van der Waals surface area contributed by atoms with Crippen LogP contribution in [0.3, 0.4) is 0 Å². The lowest BCUT2D eigenvalue weighted by Gasteiger charge is -2.26. The van der Waals surface area contributed by atoms with E-state index in [1.807, 2.05) is 24.3 Å². The number of fused-ring (bicyclic) bond motifs is 4. The summed E-state index contributed by atoms with van der Waals surface area (Å²) < 4.78 is 8.54. The van der Waals surface area contributed by atoms with Crippen LogP contribution in [-0.2, 0) is 0 Å². The lowest BCUT2D eigenvalue weighted by Crippen LogP contribution is -2.09. The maximum Gasteiger partial charge on any atom is 0.227 e. The van der Waals surface area contributed by atoms with Crippen LogP contribution in [0.25, 0.3) is 61.2 Å². The Balaban J connectivity index is 1.09. The molecule has 0 aliphatic heterocycles. The van der Waals surface area contributed by atoms with Gasteiger partial charge in [-0.05, 0) is 145 Å². The third-order valence-corrected chi connectivity index (χ3v) is 11.5. The molecule has 0 saturated carbocycles. The molecular weight excluding hydrogens is 745 g/mol. The smallest absolute Gasteiger partial charge is 0.227 e. The summed E-state index contributed by atoms with van der Waals surface area (Å²) in [4.78, 5) is 9.43. The Bertz CT molecular complexity index is 3070. The van der Waals surface area contributed by atoms with E-state index in [4.69, 9.17) is 9.40 Å². The third-order valence-electron chi connectivity index (χ3n) is 11.5. The predicted molar refractivity (Wildman–Crippen MR) is 253 cm³/mol. The molecule has 0 unspecified atom stereocenters. The zero-order valence-electron chi connectivity index (χ0n) is 33.6. The van der Waals surface area contributed by atoms with E-state index in [2.05, 4.69) is 221 Å². The molecule has 0 aliphatic carbocycles. The Hall–Kier alpha value is -8.15. The normalized spacial score (nSPS) is 11.4. The Labute approximate surface area is 354 Å². The Morgan fingerprint density at radius 3 is 1.43 bits per heavy atom. The molecule has 0 radical (unpaired) electrons. The molecule has 5 heteroatoms. The molecule has 0 bridgehead atoms. The predicted octanol–water partition coefficient (Wildman–Crippen LogP) is 15.5. The van der Waals surface area contributed by atoms with Crippen LogP contribution >= 0.6 is 0 Å². The number of nitrogens with zero attached hydrogens (tertiary/aromatic N) is 4. The summed E-state index contributed by atoms with van der Waals surface area (Å²) in [6, 6.07) is 79.4. The van der Waals surface area contributed by atoms with Crippen molar-refractivity contribution in [2.45, 2.75) is 6.92 Å². The minimum absolute atomic E-state index is 0.629. The summed E-state index contributed by atoms with van der Waals surface area (Å²) in [7, 11) is 0. The first-order valence-electron chi connectivity index (χ1n) is 20.6. The summed E-state index contributed by atoms with van der Waals surface area (Å²) in [5, 5.41) is 2.33. The molecule has 0 aliphatic rings. The van der Waals surface area contributed by atoms with Gasteiger partial charge in [-0.3, -0.25) is 0 Å². The van der Waals surface area contributed by atoms with E-state index in [-0.39, 0.29) is 0 Å². The highest BCUT2D eigenvalue weighted by Gasteiger charge is 2.20. The van der Waals surface area contributed by atoms with Crippen molar-refractivity contribution in [2.75, 3.05) is 9.80 Å². The molecule has 0 fully saturated rings. The van der Waals surface area contributed by atoms with E-state index >= 15 is 0 Å². The first-order chi connectivity index (χ1) is 30.2. The fraction of sp³-hybridized carbons (Fsp3) is 0.0179. The second-order valence-corrected chi connectivity index (χ2v) is 15.3. The van der Waals surface area contributed by atoms with Gasteiger partial charge in [-0.15, -0.1) is 0 Å². The average Bonchev–Trinajstić information content (AvgIpc) is 3.90. The van der Waals surface area contributed by atoms with E-state index in [1.165, 1.54) is 0 Å². The Morgan fingerprint density at radius 2 is 0.918 bits per heavy atom. The summed E-state index contributed by atoms with van der Waals surface area (Å²) in [6.45, 7) is 2.16. The van der Waals surface area contributed by atoms with Crippen LogP contribution < -0.4 is 9.80 Å². The topological polar surface area (TPSA) is 37.4 Å². The fourth-order valence-electron chi connectivity index (χ4n) is 8.69. The van der Waals surface area contributed by atoms with Gasteiger partial charge in [0.25, 0.3) is 0 Å². The van der Waals surface area contributed by atoms with E-state index in [1.54, 1.807) is 0 Å². The number of oxazole rings is 1. The lowest BCUT2D eigenvalue weighted by molar-refractivity contribution is 0.620. The second kappa shape index (κ2) is 15.2. The highest BCUT2D eigenvalue weighted by Crippen LogP contribution is 2.43. The standard InChI is InChI=1S/C56H40N4O/c1-39-35-41(56-57-52-27-14-15-28-55(52)61-56)29-32-49(39)40-17-16-26-46(36-40)60-53-33-30-47(58(42-18-6-2-7-19-42)43-20-8-3-9-21-43)37-50(53)51-38-48(31-34-54(51)60)59(44-22-10-4-11-23-44)45-24-12-5-13-25-45/h2-38H,1H3. The third kappa shape index (κ3) is 6.59. The van der Waals surface area contributed by atoms with Gasteiger partial charge in [0.15, 0.2) is 5.58 Å². The number of benzene rings is 9. The zero-order valence-corrected chi connectivity index (χ0v) is 33.6. The van der Waals surface area contributed by atoms with Crippen molar-refractivity contribution in [3.05, 3.63) is 230 Å². The molecule has 0 atom stereocenters. The van der Waals surface area contributed by atoms with Gasteiger partial charge in [-0.2, -0.15) is 0 Å². The largest absolute Gasteiger partial charge is 0.436 e. The van der Waals surface area contributed by atoms with Crippen LogP contribution in [0, 0.1) is 6.92 Å². The molecule has 0 N–H and O–H groups in total. The van der Waals surface area contributed by atoms with Crippen LogP contribution in [0.15, 0.2) is 229 Å². The highest BCUT2D eigenvalue weighted by molar-refractivity contribution is 6.12. The van der Waals surface area contributed by atoms with Crippen LogP contribution in [0.1, 0.15) is 5.56 Å². The number of para-hydroxylation sites is 6. The summed E-state index contributed by atoms with van der Waals surface area (Å²) in [5.41, 5.74) is 16.0. The van der Waals surface area contributed by atoms with Crippen molar-refractivity contribution in [1.82, 2.24) is 9.55 Å². The Kier molecular flexibility index (Phi) is 8.98. The second-order valence-electron chi connectivity index (χ2n) is 15.3. The van der Waals surface area contributed by atoms with E-state index in [0.29, 0.717) is 5.89 Å². The number of hydrogen-bond acceptors (Lipinski definition) is 4. The minimum Gasteiger partial charge on any atom is -0.436 e.